The second-order valence-corrected chi connectivity index (χ2v) is 7.96. The average molecular weight is 327 g/mol. The SMILES string of the molecule is CC1(C)OB(CCCCCCn2ccc3ccccc32)OC1(C)C. The van der Waals surface area contributed by atoms with Crippen molar-refractivity contribution in [3.05, 3.63) is 36.5 Å². The van der Waals surface area contributed by atoms with E-state index in [9.17, 15) is 0 Å². The van der Waals surface area contributed by atoms with Gasteiger partial charge in [0.1, 0.15) is 0 Å². The first-order chi connectivity index (χ1) is 11.4. The maximum Gasteiger partial charge on any atom is 0.457 e. The van der Waals surface area contributed by atoms with Gasteiger partial charge in [-0.3, -0.25) is 0 Å². The van der Waals surface area contributed by atoms with E-state index in [2.05, 4.69) is 68.8 Å². The summed E-state index contributed by atoms with van der Waals surface area (Å²) in [4.78, 5) is 0. The zero-order valence-electron chi connectivity index (χ0n) is 15.5. The number of unbranched alkanes of at least 4 members (excludes halogenated alkanes) is 3. The highest BCUT2D eigenvalue weighted by molar-refractivity contribution is 6.45. The Labute approximate surface area is 146 Å². The molecule has 1 aromatic heterocycles. The molecule has 1 aliphatic heterocycles. The van der Waals surface area contributed by atoms with Crippen LogP contribution < -0.4 is 0 Å². The third kappa shape index (κ3) is 3.70. The van der Waals surface area contributed by atoms with Crippen molar-refractivity contribution in [3.63, 3.8) is 0 Å². The number of nitrogens with zero attached hydrogens (tertiary/aromatic N) is 1. The summed E-state index contributed by atoms with van der Waals surface area (Å²) in [6.07, 6.45) is 8.09. The van der Waals surface area contributed by atoms with Crippen LogP contribution in [0.25, 0.3) is 10.9 Å². The van der Waals surface area contributed by atoms with Crippen molar-refractivity contribution in [2.75, 3.05) is 0 Å². The lowest BCUT2D eigenvalue weighted by molar-refractivity contribution is 0.00578. The van der Waals surface area contributed by atoms with Gasteiger partial charge in [0.15, 0.2) is 0 Å². The van der Waals surface area contributed by atoms with Gasteiger partial charge in [0.2, 0.25) is 0 Å². The normalized spacial score (nSPS) is 19.2. The lowest BCUT2D eigenvalue weighted by atomic mass is 9.82. The van der Waals surface area contributed by atoms with Crippen molar-refractivity contribution < 1.29 is 9.31 Å². The van der Waals surface area contributed by atoms with E-state index in [1.807, 2.05) is 0 Å². The molecule has 0 bridgehead atoms. The summed E-state index contributed by atoms with van der Waals surface area (Å²) in [5.41, 5.74) is 0.940. The molecule has 0 unspecified atom stereocenters. The second kappa shape index (κ2) is 6.93. The fraction of sp³-hybridized carbons (Fsp3) is 0.600. The van der Waals surface area contributed by atoms with Gasteiger partial charge in [0.25, 0.3) is 0 Å². The summed E-state index contributed by atoms with van der Waals surface area (Å²) in [6, 6.07) is 10.8. The number of rotatable bonds is 7. The van der Waals surface area contributed by atoms with Gasteiger partial charge < -0.3 is 13.9 Å². The first-order valence-corrected chi connectivity index (χ1v) is 9.29. The molecule has 4 heteroatoms. The van der Waals surface area contributed by atoms with Gasteiger partial charge >= 0.3 is 7.12 Å². The van der Waals surface area contributed by atoms with Gasteiger partial charge in [-0.2, -0.15) is 0 Å². The van der Waals surface area contributed by atoms with E-state index < -0.39 is 0 Å². The maximum absolute atomic E-state index is 6.05. The number of aromatic nitrogens is 1. The summed E-state index contributed by atoms with van der Waals surface area (Å²) in [6.45, 7) is 9.58. The Bertz CT molecular complexity index is 661. The third-order valence-corrected chi connectivity index (χ3v) is 5.57. The van der Waals surface area contributed by atoms with E-state index >= 15 is 0 Å². The fourth-order valence-electron chi connectivity index (χ4n) is 3.37. The van der Waals surface area contributed by atoms with Crippen LogP contribution in [0.5, 0.6) is 0 Å². The van der Waals surface area contributed by atoms with E-state index in [0.717, 1.165) is 12.9 Å². The molecule has 0 spiro atoms. The molecular weight excluding hydrogens is 297 g/mol. The Morgan fingerprint density at radius 1 is 0.875 bits per heavy atom. The molecule has 1 aliphatic rings. The van der Waals surface area contributed by atoms with Crippen LogP contribution in [0, 0.1) is 0 Å². The Morgan fingerprint density at radius 3 is 2.29 bits per heavy atom. The zero-order chi connectivity index (χ0) is 17.2. The maximum atomic E-state index is 6.05. The molecule has 0 atom stereocenters. The lowest BCUT2D eigenvalue weighted by Gasteiger charge is -2.32. The van der Waals surface area contributed by atoms with Crippen LogP contribution >= 0.6 is 0 Å². The summed E-state index contributed by atoms with van der Waals surface area (Å²) >= 11 is 0. The molecule has 0 amide bonds. The van der Waals surface area contributed by atoms with Crippen LogP contribution in [0.4, 0.5) is 0 Å². The third-order valence-electron chi connectivity index (χ3n) is 5.57. The Morgan fingerprint density at radius 2 is 1.54 bits per heavy atom. The molecule has 0 N–H and O–H groups in total. The highest BCUT2D eigenvalue weighted by Crippen LogP contribution is 2.38. The van der Waals surface area contributed by atoms with E-state index in [4.69, 9.17) is 9.31 Å². The summed E-state index contributed by atoms with van der Waals surface area (Å²) in [5, 5.41) is 1.33. The molecule has 0 radical (unpaired) electrons. The molecule has 2 aromatic rings. The molecule has 24 heavy (non-hydrogen) atoms. The van der Waals surface area contributed by atoms with Crippen LogP contribution in [-0.4, -0.2) is 22.9 Å². The summed E-state index contributed by atoms with van der Waals surface area (Å²) in [5.74, 6) is 0. The Hall–Kier alpha value is -1.26. The topological polar surface area (TPSA) is 23.4 Å². The van der Waals surface area contributed by atoms with Crippen LogP contribution in [0.2, 0.25) is 6.32 Å². The second-order valence-electron chi connectivity index (χ2n) is 7.96. The molecule has 3 rings (SSSR count). The van der Waals surface area contributed by atoms with Gasteiger partial charge in [-0.05, 0) is 58.0 Å². The quantitative estimate of drug-likeness (QED) is 0.509. The Kier molecular flexibility index (Phi) is 5.07. The van der Waals surface area contributed by atoms with Crippen molar-refractivity contribution in [2.45, 2.75) is 77.4 Å². The molecule has 1 aromatic carbocycles. The number of para-hydroxylation sites is 1. The van der Waals surface area contributed by atoms with Crippen LogP contribution in [0.3, 0.4) is 0 Å². The molecule has 0 saturated carbocycles. The lowest BCUT2D eigenvalue weighted by Crippen LogP contribution is -2.41. The first-order valence-electron chi connectivity index (χ1n) is 9.29. The number of hydrogen-bond donors (Lipinski definition) is 0. The van der Waals surface area contributed by atoms with Crippen LogP contribution in [0.1, 0.15) is 53.4 Å². The molecule has 1 fully saturated rings. The monoisotopic (exact) mass is 327 g/mol. The zero-order valence-corrected chi connectivity index (χ0v) is 15.5. The van der Waals surface area contributed by atoms with E-state index in [1.54, 1.807) is 0 Å². The Balaban J connectivity index is 1.35. The van der Waals surface area contributed by atoms with Gasteiger partial charge in [0, 0.05) is 18.3 Å². The average Bonchev–Trinajstić information content (AvgIpc) is 3.01. The standard InChI is InChI=1S/C20H30BNO2/c1-19(2)20(3,4)24-21(23-19)14-9-5-6-10-15-22-16-13-17-11-7-8-12-18(17)22/h7-8,11-13,16H,5-6,9-10,14-15H2,1-4H3. The minimum atomic E-state index is -0.201. The predicted octanol–water partition coefficient (Wildman–Crippen LogP) is 5.29. The summed E-state index contributed by atoms with van der Waals surface area (Å²) < 4.78 is 14.5. The van der Waals surface area contributed by atoms with Gasteiger partial charge in [0.05, 0.1) is 11.2 Å². The number of benzene rings is 1. The van der Waals surface area contributed by atoms with Crippen molar-refractivity contribution in [1.82, 2.24) is 4.57 Å². The molecule has 1 saturated heterocycles. The van der Waals surface area contributed by atoms with Gasteiger partial charge in [-0.25, -0.2) is 0 Å². The van der Waals surface area contributed by atoms with Crippen molar-refractivity contribution in [2.24, 2.45) is 0 Å². The van der Waals surface area contributed by atoms with Crippen LogP contribution in [-0.2, 0) is 15.9 Å². The first kappa shape index (κ1) is 17.6. The minimum absolute atomic E-state index is 0.0385. The molecule has 130 valence electrons. The molecule has 3 nitrogen and oxygen atoms in total. The molecule has 2 heterocycles. The highest BCUT2D eigenvalue weighted by atomic mass is 16.7. The van der Waals surface area contributed by atoms with E-state index in [-0.39, 0.29) is 18.3 Å². The van der Waals surface area contributed by atoms with Gasteiger partial charge in [-0.15, -0.1) is 0 Å². The molecule has 0 aliphatic carbocycles. The predicted molar refractivity (Wildman–Crippen MR) is 101 cm³/mol. The van der Waals surface area contributed by atoms with E-state index in [0.29, 0.717) is 0 Å². The largest absolute Gasteiger partial charge is 0.457 e. The number of fused-ring (bicyclic) bond motifs is 1. The molecular formula is C20H30BNO2. The number of hydrogen-bond acceptors (Lipinski definition) is 2. The van der Waals surface area contributed by atoms with Gasteiger partial charge in [-0.1, -0.05) is 37.5 Å². The minimum Gasteiger partial charge on any atom is -0.403 e. The van der Waals surface area contributed by atoms with Crippen molar-refractivity contribution in [3.8, 4) is 0 Å². The highest BCUT2D eigenvalue weighted by Gasteiger charge is 2.50. The fourth-order valence-corrected chi connectivity index (χ4v) is 3.37. The van der Waals surface area contributed by atoms with Crippen LogP contribution in [0.15, 0.2) is 36.5 Å². The van der Waals surface area contributed by atoms with Crippen molar-refractivity contribution in [1.29, 1.82) is 0 Å². The van der Waals surface area contributed by atoms with Crippen molar-refractivity contribution >= 4 is 18.0 Å². The van der Waals surface area contributed by atoms with E-state index in [1.165, 1.54) is 36.6 Å². The smallest absolute Gasteiger partial charge is 0.403 e. The number of aryl methyl sites for hydroxylation is 1. The summed E-state index contributed by atoms with van der Waals surface area (Å²) in [7, 11) is -0.0385.